The van der Waals surface area contributed by atoms with Gasteiger partial charge in [-0.25, -0.2) is 5.84 Å². The van der Waals surface area contributed by atoms with Crippen molar-refractivity contribution in [1.82, 2.24) is 5.01 Å². The van der Waals surface area contributed by atoms with Gasteiger partial charge in [-0.2, -0.15) is 0 Å². The van der Waals surface area contributed by atoms with Gasteiger partial charge in [-0.1, -0.05) is 38.1 Å². The average molecular weight is 494 g/mol. The van der Waals surface area contributed by atoms with Crippen LogP contribution >= 0.6 is 11.6 Å². The zero-order valence-corrected chi connectivity index (χ0v) is 20.7. The fourth-order valence-corrected chi connectivity index (χ4v) is 3.48. The Morgan fingerprint density at radius 1 is 1.06 bits per heavy atom. The molecule has 0 aromatic heterocycles. The van der Waals surface area contributed by atoms with Crippen LogP contribution in [-0.2, 0) is 5.41 Å². The van der Waals surface area contributed by atoms with E-state index in [-0.39, 0.29) is 37.7 Å². The summed E-state index contributed by atoms with van der Waals surface area (Å²) in [5.74, 6) is 7.24. The number of alkyl halides is 1. The van der Waals surface area contributed by atoms with Gasteiger partial charge >= 0.3 is 0 Å². The molecule has 0 aliphatic heterocycles. The van der Waals surface area contributed by atoms with Crippen molar-refractivity contribution in [2.24, 2.45) is 11.6 Å². The normalized spacial score (nSPS) is 13.9. The third-order valence-electron chi connectivity index (χ3n) is 5.66. The third-order valence-corrected chi connectivity index (χ3v) is 6.01. The summed E-state index contributed by atoms with van der Waals surface area (Å²) in [6, 6.07) is 13.7. The summed E-state index contributed by atoms with van der Waals surface area (Å²) >= 11 is 5.63. The largest absolute Gasteiger partial charge is 0.491 e. The average Bonchev–Trinajstić information content (AvgIpc) is 2.82. The van der Waals surface area contributed by atoms with Gasteiger partial charge in [-0.05, 0) is 41.8 Å². The maximum Gasteiger partial charge on any atom is 0.122 e. The zero-order chi connectivity index (χ0) is 25.3. The quantitative estimate of drug-likeness (QED) is 0.162. The number of aryl methyl sites for hydroxylation is 1. The van der Waals surface area contributed by atoms with Gasteiger partial charge < -0.3 is 35.5 Å². The van der Waals surface area contributed by atoms with E-state index in [2.05, 4.69) is 19.9 Å². The standard InChI is InChI=1S/C25H36ClN3O5/c1-17-10-19(6-9-24(17)34-15-21(31)11-26)25(2,3)18-4-7-23(8-5-18)33-16-22(32)13-29(28)20(12-27)14-30/h4-10,12,21-22,30-32H,11,13-16,27-28H2,1-3H3/b20-12-. The van der Waals surface area contributed by atoms with Gasteiger partial charge in [0.2, 0.25) is 0 Å². The summed E-state index contributed by atoms with van der Waals surface area (Å²) < 4.78 is 11.4. The number of benzene rings is 2. The number of halogens is 1. The minimum atomic E-state index is -0.864. The van der Waals surface area contributed by atoms with Crippen molar-refractivity contribution in [2.75, 3.05) is 32.2 Å². The van der Waals surface area contributed by atoms with Crippen molar-refractivity contribution < 1.29 is 24.8 Å². The number of rotatable bonds is 13. The van der Waals surface area contributed by atoms with E-state index in [4.69, 9.17) is 32.7 Å². The number of nitrogens with two attached hydrogens (primary N) is 2. The van der Waals surface area contributed by atoms with E-state index in [1.54, 1.807) is 0 Å². The van der Waals surface area contributed by atoms with Gasteiger partial charge in [-0.15, -0.1) is 11.6 Å². The van der Waals surface area contributed by atoms with Gasteiger partial charge in [0, 0.05) is 11.6 Å². The number of hydrazine groups is 1. The van der Waals surface area contributed by atoms with Gasteiger partial charge in [0.1, 0.15) is 36.9 Å². The Labute approximate surface area is 206 Å². The van der Waals surface area contributed by atoms with Crippen LogP contribution in [0.4, 0.5) is 0 Å². The Kier molecular flexibility index (Phi) is 10.5. The lowest BCUT2D eigenvalue weighted by molar-refractivity contribution is 0.0745. The molecule has 2 unspecified atom stereocenters. The summed E-state index contributed by atoms with van der Waals surface area (Å²) in [4.78, 5) is 0. The molecule has 0 heterocycles. The number of hydrogen-bond acceptors (Lipinski definition) is 8. The molecule has 2 aromatic rings. The number of aliphatic hydroxyl groups is 3. The van der Waals surface area contributed by atoms with E-state index in [9.17, 15) is 15.3 Å². The molecule has 0 saturated carbocycles. The van der Waals surface area contributed by atoms with Crippen molar-refractivity contribution in [2.45, 2.75) is 38.4 Å². The summed E-state index contributed by atoms with van der Waals surface area (Å²) in [6.07, 6.45) is -0.367. The van der Waals surface area contributed by atoms with Crippen molar-refractivity contribution in [3.63, 3.8) is 0 Å². The molecule has 0 fully saturated rings. The molecule has 0 saturated heterocycles. The first-order chi connectivity index (χ1) is 16.1. The summed E-state index contributed by atoms with van der Waals surface area (Å²) in [6.45, 7) is 6.19. The van der Waals surface area contributed by atoms with Crippen LogP contribution in [0.25, 0.3) is 0 Å². The molecular formula is C25H36ClN3O5. The Morgan fingerprint density at radius 2 is 1.68 bits per heavy atom. The monoisotopic (exact) mass is 493 g/mol. The second-order valence-corrected chi connectivity index (χ2v) is 8.99. The van der Waals surface area contributed by atoms with Crippen LogP contribution in [0.2, 0.25) is 0 Å². The molecule has 0 aliphatic rings. The third kappa shape index (κ3) is 7.51. The molecule has 2 aromatic carbocycles. The fourth-order valence-electron chi connectivity index (χ4n) is 3.39. The SMILES string of the molecule is Cc1cc(C(C)(C)c2ccc(OCC(O)CN(N)/C(=C\N)CO)cc2)ccc1OCC(O)CCl. The summed E-state index contributed by atoms with van der Waals surface area (Å²) in [5, 5.41) is 30.1. The van der Waals surface area contributed by atoms with Crippen LogP contribution in [0, 0.1) is 6.92 Å². The van der Waals surface area contributed by atoms with Crippen LogP contribution < -0.4 is 21.1 Å². The molecule has 0 amide bonds. The summed E-state index contributed by atoms with van der Waals surface area (Å²) in [7, 11) is 0. The lowest BCUT2D eigenvalue weighted by Gasteiger charge is -2.27. The minimum Gasteiger partial charge on any atom is -0.491 e. The van der Waals surface area contributed by atoms with Crippen LogP contribution in [0.15, 0.2) is 54.4 Å². The van der Waals surface area contributed by atoms with E-state index >= 15 is 0 Å². The molecule has 0 bridgehead atoms. The second-order valence-electron chi connectivity index (χ2n) is 8.68. The predicted octanol–water partition coefficient (Wildman–Crippen LogP) is 2.01. The highest BCUT2D eigenvalue weighted by molar-refractivity contribution is 6.18. The van der Waals surface area contributed by atoms with E-state index in [1.807, 2.05) is 43.3 Å². The molecule has 2 rings (SSSR count). The molecule has 9 heteroatoms. The van der Waals surface area contributed by atoms with Crippen LogP contribution in [-0.4, -0.2) is 64.8 Å². The first kappa shape index (κ1) is 27.8. The van der Waals surface area contributed by atoms with Crippen molar-refractivity contribution >= 4 is 11.6 Å². The molecule has 0 aliphatic carbocycles. The highest BCUT2D eigenvalue weighted by Crippen LogP contribution is 2.34. The fraction of sp³-hybridized carbons (Fsp3) is 0.440. The van der Waals surface area contributed by atoms with E-state index < -0.39 is 12.2 Å². The van der Waals surface area contributed by atoms with Gasteiger partial charge in [0.25, 0.3) is 0 Å². The molecule has 0 spiro atoms. The molecule has 0 radical (unpaired) electrons. The maximum atomic E-state index is 10.2. The number of hydrogen-bond donors (Lipinski definition) is 5. The van der Waals surface area contributed by atoms with Crippen molar-refractivity contribution in [3.05, 3.63) is 71.1 Å². The highest BCUT2D eigenvalue weighted by Gasteiger charge is 2.24. The minimum absolute atomic E-state index is 0.0405. The first-order valence-corrected chi connectivity index (χ1v) is 11.6. The number of ether oxygens (including phenoxy) is 2. The van der Waals surface area contributed by atoms with Gasteiger partial charge in [-0.3, -0.25) is 0 Å². The second kappa shape index (κ2) is 12.8. The van der Waals surface area contributed by atoms with E-state index in [0.29, 0.717) is 11.4 Å². The Bertz CT molecular complexity index is 937. The smallest absolute Gasteiger partial charge is 0.122 e. The van der Waals surface area contributed by atoms with E-state index in [1.165, 1.54) is 11.2 Å². The van der Waals surface area contributed by atoms with E-state index in [0.717, 1.165) is 22.4 Å². The molecular weight excluding hydrogens is 458 g/mol. The Morgan fingerprint density at radius 3 is 2.24 bits per heavy atom. The zero-order valence-electron chi connectivity index (χ0n) is 19.9. The summed E-state index contributed by atoms with van der Waals surface area (Å²) in [5.41, 5.74) is 8.62. The molecule has 7 N–H and O–H groups in total. The van der Waals surface area contributed by atoms with Gasteiger partial charge in [0.15, 0.2) is 0 Å². The Hall–Kier alpha value is -2.49. The lowest BCUT2D eigenvalue weighted by atomic mass is 9.77. The molecule has 188 valence electrons. The number of aliphatic hydroxyl groups excluding tert-OH is 3. The predicted molar refractivity (Wildman–Crippen MR) is 134 cm³/mol. The number of nitrogens with zero attached hydrogens (tertiary/aromatic N) is 1. The van der Waals surface area contributed by atoms with Crippen molar-refractivity contribution in [3.8, 4) is 11.5 Å². The molecule has 8 nitrogen and oxygen atoms in total. The Balaban J connectivity index is 2.00. The maximum absolute atomic E-state index is 10.2. The molecule has 34 heavy (non-hydrogen) atoms. The topological polar surface area (TPSA) is 134 Å². The van der Waals surface area contributed by atoms with Crippen LogP contribution in [0.3, 0.4) is 0 Å². The van der Waals surface area contributed by atoms with Crippen molar-refractivity contribution in [1.29, 1.82) is 0 Å². The van der Waals surface area contributed by atoms with Gasteiger partial charge in [0.05, 0.1) is 24.7 Å². The van der Waals surface area contributed by atoms with Crippen LogP contribution in [0.5, 0.6) is 11.5 Å². The lowest BCUT2D eigenvalue weighted by Crippen LogP contribution is -2.40. The highest BCUT2D eigenvalue weighted by atomic mass is 35.5. The molecule has 2 atom stereocenters. The van der Waals surface area contributed by atoms with Crippen LogP contribution in [0.1, 0.15) is 30.5 Å². The first-order valence-electron chi connectivity index (χ1n) is 11.1.